The summed E-state index contributed by atoms with van der Waals surface area (Å²) in [5, 5.41) is 6.98. The van der Waals surface area contributed by atoms with Crippen LogP contribution in [0.1, 0.15) is 16.1 Å². The lowest BCUT2D eigenvalue weighted by atomic mass is 10.2. The van der Waals surface area contributed by atoms with E-state index in [0.29, 0.717) is 6.54 Å². The maximum Gasteiger partial charge on any atom is 0.257 e. The predicted octanol–water partition coefficient (Wildman–Crippen LogP) is 2.96. The van der Waals surface area contributed by atoms with E-state index in [-0.39, 0.29) is 6.54 Å². The Balaban J connectivity index is 1.65. The average Bonchev–Trinajstić information content (AvgIpc) is 2.96. The molecule has 0 spiro atoms. The predicted molar refractivity (Wildman–Crippen MR) is 88.9 cm³/mol. The Kier molecular flexibility index (Phi) is 4.83. The van der Waals surface area contributed by atoms with Crippen LogP contribution in [-0.2, 0) is 6.54 Å². The van der Waals surface area contributed by atoms with Gasteiger partial charge in [0.15, 0.2) is 0 Å². The van der Waals surface area contributed by atoms with Gasteiger partial charge in [-0.05, 0) is 37.3 Å². The van der Waals surface area contributed by atoms with Crippen LogP contribution in [0.25, 0.3) is 11.3 Å². The molecule has 3 aromatic rings. The minimum Gasteiger partial charge on any atom is -0.350 e. The van der Waals surface area contributed by atoms with Crippen LogP contribution in [0, 0.1) is 18.6 Å². The van der Waals surface area contributed by atoms with E-state index in [1.54, 1.807) is 17.1 Å². The summed E-state index contributed by atoms with van der Waals surface area (Å²) in [7, 11) is 0. The van der Waals surface area contributed by atoms with Gasteiger partial charge in [-0.1, -0.05) is 6.07 Å². The van der Waals surface area contributed by atoms with Crippen molar-refractivity contribution in [3.8, 4) is 11.3 Å². The second-order valence-electron chi connectivity index (χ2n) is 5.49. The highest BCUT2D eigenvalue weighted by Gasteiger charge is 2.16. The van der Waals surface area contributed by atoms with Crippen LogP contribution in [0.3, 0.4) is 0 Å². The lowest BCUT2D eigenvalue weighted by Gasteiger charge is -2.08. The summed E-state index contributed by atoms with van der Waals surface area (Å²) in [5.41, 5.74) is 2.00. The molecule has 0 aliphatic rings. The second-order valence-corrected chi connectivity index (χ2v) is 5.49. The molecule has 25 heavy (non-hydrogen) atoms. The molecular weight excluding hydrogens is 326 g/mol. The topological polar surface area (TPSA) is 59.8 Å². The highest BCUT2D eigenvalue weighted by atomic mass is 19.1. The molecule has 3 rings (SSSR count). The van der Waals surface area contributed by atoms with Crippen LogP contribution in [0.4, 0.5) is 8.78 Å². The van der Waals surface area contributed by atoms with E-state index >= 15 is 0 Å². The number of aryl methyl sites for hydroxylation is 1. The monoisotopic (exact) mass is 342 g/mol. The van der Waals surface area contributed by atoms with Gasteiger partial charge in [-0.2, -0.15) is 5.10 Å². The number of nitrogens with one attached hydrogen (secondary N) is 1. The van der Waals surface area contributed by atoms with E-state index in [4.69, 9.17) is 0 Å². The third-order valence-electron chi connectivity index (χ3n) is 3.74. The summed E-state index contributed by atoms with van der Waals surface area (Å²) in [6, 6.07) is 8.96. The Morgan fingerprint density at radius 1 is 1.20 bits per heavy atom. The van der Waals surface area contributed by atoms with E-state index in [1.165, 1.54) is 6.07 Å². The number of carbonyl (C=O) groups is 1. The van der Waals surface area contributed by atoms with Gasteiger partial charge in [-0.25, -0.2) is 8.78 Å². The SMILES string of the molecule is Cc1cc(-c2cccnc2)nn1CCNC(=O)c1c(F)cccc1F. The summed E-state index contributed by atoms with van der Waals surface area (Å²) in [6.45, 7) is 2.47. The highest BCUT2D eigenvalue weighted by molar-refractivity contribution is 5.94. The number of halogens is 2. The van der Waals surface area contributed by atoms with Gasteiger partial charge >= 0.3 is 0 Å². The minimum atomic E-state index is -0.883. The molecule has 0 bridgehead atoms. The van der Waals surface area contributed by atoms with Crippen LogP contribution in [-0.4, -0.2) is 27.2 Å². The Labute approximate surface area is 143 Å². The number of pyridine rings is 1. The molecule has 0 radical (unpaired) electrons. The van der Waals surface area contributed by atoms with Gasteiger partial charge in [-0.3, -0.25) is 14.5 Å². The molecular formula is C18H16F2N4O. The second kappa shape index (κ2) is 7.21. The molecule has 2 heterocycles. The third kappa shape index (κ3) is 3.71. The molecule has 2 aromatic heterocycles. The first-order chi connectivity index (χ1) is 12.1. The largest absolute Gasteiger partial charge is 0.350 e. The van der Waals surface area contributed by atoms with Crippen molar-refractivity contribution in [1.29, 1.82) is 0 Å². The Bertz CT molecular complexity index is 873. The van der Waals surface area contributed by atoms with Crippen molar-refractivity contribution in [2.24, 2.45) is 0 Å². The first-order valence-corrected chi connectivity index (χ1v) is 7.73. The lowest BCUT2D eigenvalue weighted by Crippen LogP contribution is -2.29. The van der Waals surface area contributed by atoms with E-state index in [0.717, 1.165) is 29.1 Å². The smallest absolute Gasteiger partial charge is 0.257 e. The molecule has 0 aliphatic heterocycles. The maximum absolute atomic E-state index is 13.6. The Hall–Kier alpha value is -3.09. The number of nitrogens with zero attached hydrogens (tertiary/aromatic N) is 3. The fourth-order valence-electron chi connectivity index (χ4n) is 2.47. The molecule has 5 nitrogen and oxygen atoms in total. The summed E-state index contributed by atoms with van der Waals surface area (Å²) >= 11 is 0. The number of carbonyl (C=O) groups excluding carboxylic acids is 1. The van der Waals surface area contributed by atoms with Crippen LogP contribution >= 0.6 is 0 Å². The van der Waals surface area contributed by atoms with E-state index in [1.807, 2.05) is 25.1 Å². The van der Waals surface area contributed by atoms with Crippen molar-refractivity contribution in [3.05, 3.63) is 71.7 Å². The molecule has 1 amide bonds. The number of hydrogen-bond acceptors (Lipinski definition) is 3. The lowest BCUT2D eigenvalue weighted by molar-refractivity contribution is 0.0943. The van der Waals surface area contributed by atoms with E-state index in [9.17, 15) is 13.6 Å². The number of rotatable bonds is 5. The van der Waals surface area contributed by atoms with Crippen molar-refractivity contribution in [1.82, 2.24) is 20.1 Å². The number of benzene rings is 1. The molecule has 0 saturated carbocycles. The molecule has 0 aliphatic carbocycles. The molecule has 128 valence electrons. The zero-order valence-corrected chi connectivity index (χ0v) is 13.5. The van der Waals surface area contributed by atoms with Crippen molar-refractivity contribution < 1.29 is 13.6 Å². The van der Waals surface area contributed by atoms with Crippen LogP contribution < -0.4 is 5.32 Å². The van der Waals surface area contributed by atoms with Gasteiger partial charge in [-0.15, -0.1) is 0 Å². The average molecular weight is 342 g/mol. The summed E-state index contributed by atoms with van der Waals surface area (Å²) in [6.07, 6.45) is 3.40. The molecule has 0 fully saturated rings. The maximum atomic E-state index is 13.6. The minimum absolute atomic E-state index is 0.196. The fourth-order valence-corrected chi connectivity index (χ4v) is 2.47. The van der Waals surface area contributed by atoms with E-state index in [2.05, 4.69) is 15.4 Å². The Morgan fingerprint density at radius 2 is 1.96 bits per heavy atom. The van der Waals surface area contributed by atoms with Gasteiger partial charge in [0, 0.05) is 30.2 Å². The number of aromatic nitrogens is 3. The van der Waals surface area contributed by atoms with Gasteiger partial charge in [0.05, 0.1) is 12.2 Å². The first-order valence-electron chi connectivity index (χ1n) is 7.73. The zero-order valence-electron chi connectivity index (χ0n) is 13.5. The molecule has 7 heteroatoms. The van der Waals surface area contributed by atoms with Crippen LogP contribution in [0.15, 0.2) is 48.8 Å². The van der Waals surface area contributed by atoms with Crippen molar-refractivity contribution >= 4 is 5.91 Å². The summed E-state index contributed by atoms with van der Waals surface area (Å²) < 4.78 is 28.9. The van der Waals surface area contributed by atoms with Crippen molar-refractivity contribution in [2.45, 2.75) is 13.5 Å². The highest BCUT2D eigenvalue weighted by Crippen LogP contribution is 2.17. The van der Waals surface area contributed by atoms with Crippen LogP contribution in [0.2, 0.25) is 0 Å². The summed E-state index contributed by atoms with van der Waals surface area (Å²) in [4.78, 5) is 16.0. The Morgan fingerprint density at radius 3 is 2.64 bits per heavy atom. The van der Waals surface area contributed by atoms with Gasteiger partial charge in [0.2, 0.25) is 0 Å². The number of hydrogen-bond donors (Lipinski definition) is 1. The molecule has 1 aromatic carbocycles. The molecule has 0 saturated heterocycles. The normalized spacial score (nSPS) is 10.7. The van der Waals surface area contributed by atoms with Crippen LogP contribution in [0.5, 0.6) is 0 Å². The van der Waals surface area contributed by atoms with E-state index < -0.39 is 23.1 Å². The first kappa shape index (κ1) is 16.8. The van der Waals surface area contributed by atoms with Gasteiger partial charge in [0.25, 0.3) is 5.91 Å². The quantitative estimate of drug-likeness (QED) is 0.775. The standard InChI is InChI=1S/C18H16F2N4O/c1-12-10-16(13-4-3-7-21-11-13)23-24(12)9-8-22-18(25)17-14(19)5-2-6-15(17)20/h2-7,10-11H,8-9H2,1H3,(H,22,25). The fraction of sp³-hybridized carbons (Fsp3) is 0.167. The van der Waals surface area contributed by atoms with Crippen molar-refractivity contribution in [2.75, 3.05) is 6.54 Å². The molecule has 0 atom stereocenters. The zero-order chi connectivity index (χ0) is 17.8. The number of amides is 1. The molecule has 1 N–H and O–H groups in total. The summed E-state index contributed by atoms with van der Waals surface area (Å²) in [5.74, 6) is -2.55. The van der Waals surface area contributed by atoms with Gasteiger partial charge in [0.1, 0.15) is 17.2 Å². The molecule has 0 unspecified atom stereocenters. The van der Waals surface area contributed by atoms with Gasteiger partial charge < -0.3 is 5.32 Å². The third-order valence-corrected chi connectivity index (χ3v) is 3.74. The van der Waals surface area contributed by atoms with Crippen molar-refractivity contribution in [3.63, 3.8) is 0 Å².